The molecule has 3 aromatic carbocycles. The number of aryl methyl sites for hydroxylation is 2. The van der Waals surface area contributed by atoms with Crippen molar-refractivity contribution in [1.82, 2.24) is 9.55 Å². The lowest BCUT2D eigenvalue weighted by Crippen LogP contribution is -2.04. The molecule has 0 unspecified atom stereocenters. The Hall–Kier alpha value is -3.84. The number of hydrogen-bond acceptors (Lipinski definition) is 3. The fraction of sp³-hybridized carbons (Fsp3) is 0.120. The van der Waals surface area contributed by atoms with Crippen LogP contribution in [0.1, 0.15) is 22.5 Å². The third-order valence-corrected chi connectivity index (χ3v) is 4.98. The molecule has 1 heterocycles. The number of imidazole rings is 1. The average molecular weight is 379 g/mol. The Morgan fingerprint density at radius 2 is 1.66 bits per heavy atom. The van der Waals surface area contributed by atoms with Crippen molar-refractivity contribution in [2.45, 2.75) is 20.4 Å². The Morgan fingerprint density at radius 3 is 2.34 bits per heavy atom. The molecule has 0 saturated carbocycles. The van der Waals surface area contributed by atoms with Crippen molar-refractivity contribution in [3.8, 4) is 28.8 Å². The maximum absolute atomic E-state index is 8.96. The van der Waals surface area contributed by atoms with Crippen LogP contribution in [0.4, 0.5) is 0 Å². The standard InChI is InChI=1S/C25H21N3O/c1-18-5-3-4-6-24(18)22-11-13-23(14-12-22)29-25-16-27-19(2)28(25)17-21-9-7-20(15-26)8-10-21/h3-14,16H,17H2,1-2H3. The number of hydrogen-bond donors (Lipinski definition) is 0. The van der Waals surface area contributed by atoms with E-state index in [4.69, 9.17) is 10.00 Å². The molecule has 0 bridgehead atoms. The van der Waals surface area contributed by atoms with Crippen LogP contribution in [-0.2, 0) is 6.54 Å². The molecule has 4 nitrogen and oxygen atoms in total. The van der Waals surface area contributed by atoms with E-state index in [-0.39, 0.29) is 0 Å². The molecule has 0 radical (unpaired) electrons. The van der Waals surface area contributed by atoms with Crippen molar-refractivity contribution < 1.29 is 4.74 Å². The number of ether oxygens (including phenoxy) is 1. The molecular weight excluding hydrogens is 358 g/mol. The number of aromatic nitrogens is 2. The SMILES string of the molecule is Cc1ccccc1-c1ccc(Oc2cnc(C)n2Cc2ccc(C#N)cc2)cc1. The fourth-order valence-electron chi connectivity index (χ4n) is 3.31. The van der Waals surface area contributed by atoms with E-state index < -0.39 is 0 Å². The molecule has 0 saturated heterocycles. The summed E-state index contributed by atoms with van der Waals surface area (Å²) >= 11 is 0. The zero-order valence-corrected chi connectivity index (χ0v) is 16.5. The Balaban J connectivity index is 1.54. The molecule has 0 aliphatic carbocycles. The molecule has 0 aliphatic rings. The summed E-state index contributed by atoms with van der Waals surface area (Å²) in [4.78, 5) is 4.40. The fourth-order valence-corrected chi connectivity index (χ4v) is 3.31. The molecule has 1 aromatic heterocycles. The highest BCUT2D eigenvalue weighted by Crippen LogP contribution is 2.28. The highest BCUT2D eigenvalue weighted by atomic mass is 16.5. The predicted octanol–water partition coefficient (Wildman–Crippen LogP) is 5.88. The van der Waals surface area contributed by atoms with E-state index in [1.165, 1.54) is 11.1 Å². The zero-order chi connectivity index (χ0) is 20.2. The van der Waals surface area contributed by atoms with Gasteiger partial charge in [-0.15, -0.1) is 0 Å². The average Bonchev–Trinajstić information content (AvgIpc) is 3.09. The van der Waals surface area contributed by atoms with Gasteiger partial charge < -0.3 is 4.74 Å². The summed E-state index contributed by atoms with van der Waals surface area (Å²) in [5, 5.41) is 8.96. The molecule has 0 atom stereocenters. The Kier molecular flexibility index (Phi) is 5.13. The van der Waals surface area contributed by atoms with Crippen LogP contribution in [0.2, 0.25) is 0 Å². The van der Waals surface area contributed by atoms with Crippen LogP contribution < -0.4 is 4.74 Å². The van der Waals surface area contributed by atoms with E-state index in [0.29, 0.717) is 18.0 Å². The van der Waals surface area contributed by atoms with Crippen molar-refractivity contribution in [1.29, 1.82) is 5.26 Å². The molecule has 4 heteroatoms. The van der Waals surface area contributed by atoms with E-state index in [0.717, 1.165) is 22.7 Å². The van der Waals surface area contributed by atoms with E-state index in [1.807, 2.05) is 54.0 Å². The van der Waals surface area contributed by atoms with Gasteiger partial charge in [0, 0.05) is 0 Å². The van der Waals surface area contributed by atoms with Crippen LogP contribution in [0.3, 0.4) is 0 Å². The molecule has 0 aliphatic heterocycles. The minimum absolute atomic E-state index is 0.633. The second kappa shape index (κ2) is 8.04. The predicted molar refractivity (Wildman–Crippen MR) is 114 cm³/mol. The summed E-state index contributed by atoms with van der Waals surface area (Å²) in [6.45, 7) is 4.70. The van der Waals surface area contributed by atoms with Crippen molar-refractivity contribution in [3.05, 3.63) is 102 Å². The highest BCUT2D eigenvalue weighted by molar-refractivity contribution is 5.67. The van der Waals surface area contributed by atoms with Gasteiger partial charge in [-0.05, 0) is 60.4 Å². The zero-order valence-electron chi connectivity index (χ0n) is 16.5. The maximum atomic E-state index is 8.96. The molecule has 0 spiro atoms. The lowest BCUT2D eigenvalue weighted by atomic mass is 10.0. The number of nitrogens with zero attached hydrogens (tertiary/aromatic N) is 3. The number of nitriles is 1. The minimum Gasteiger partial charge on any atom is -0.439 e. The van der Waals surface area contributed by atoms with Gasteiger partial charge in [-0.1, -0.05) is 48.5 Å². The van der Waals surface area contributed by atoms with Gasteiger partial charge in [0.05, 0.1) is 24.4 Å². The molecule has 0 amide bonds. The van der Waals surface area contributed by atoms with E-state index in [2.05, 4.69) is 48.3 Å². The maximum Gasteiger partial charge on any atom is 0.220 e. The summed E-state index contributed by atoms with van der Waals surface area (Å²) in [6, 6.07) is 26.2. The van der Waals surface area contributed by atoms with Crippen LogP contribution in [0, 0.1) is 25.2 Å². The van der Waals surface area contributed by atoms with Gasteiger partial charge >= 0.3 is 0 Å². The summed E-state index contributed by atoms with van der Waals surface area (Å²) in [7, 11) is 0. The van der Waals surface area contributed by atoms with Crippen molar-refractivity contribution >= 4 is 0 Å². The van der Waals surface area contributed by atoms with Gasteiger partial charge in [-0.25, -0.2) is 4.98 Å². The second-order valence-corrected chi connectivity index (χ2v) is 6.98. The smallest absolute Gasteiger partial charge is 0.220 e. The molecule has 4 aromatic rings. The summed E-state index contributed by atoms with van der Waals surface area (Å²) in [5.74, 6) is 2.33. The van der Waals surface area contributed by atoms with Gasteiger partial charge in [0.1, 0.15) is 11.6 Å². The summed E-state index contributed by atoms with van der Waals surface area (Å²) in [5.41, 5.74) is 5.38. The topological polar surface area (TPSA) is 50.8 Å². The molecule has 4 rings (SSSR count). The molecule has 0 N–H and O–H groups in total. The van der Waals surface area contributed by atoms with E-state index in [9.17, 15) is 0 Å². The van der Waals surface area contributed by atoms with Gasteiger partial charge in [0.15, 0.2) is 0 Å². The first-order valence-electron chi connectivity index (χ1n) is 9.49. The van der Waals surface area contributed by atoms with Crippen LogP contribution in [0.5, 0.6) is 11.6 Å². The molecule has 0 fully saturated rings. The molecule has 142 valence electrons. The Bertz CT molecular complexity index is 1170. The second-order valence-electron chi connectivity index (χ2n) is 6.98. The van der Waals surface area contributed by atoms with Crippen LogP contribution in [0.15, 0.2) is 79.0 Å². The Morgan fingerprint density at radius 1 is 0.931 bits per heavy atom. The molecular formula is C25H21N3O. The third kappa shape index (κ3) is 4.04. The summed E-state index contributed by atoms with van der Waals surface area (Å²) < 4.78 is 8.14. The van der Waals surface area contributed by atoms with Crippen LogP contribution in [-0.4, -0.2) is 9.55 Å². The number of rotatable bonds is 5. The lowest BCUT2D eigenvalue weighted by Gasteiger charge is -2.12. The van der Waals surface area contributed by atoms with Gasteiger partial charge in [-0.3, -0.25) is 4.57 Å². The van der Waals surface area contributed by atoms with Crippen molar-refractivity contribution in [2.75, 3.05) is 0 Å². The molecule has 29 heavy (non-hydrogen) atoms. The highest BCUT2D eigenvalue weighted by Gasteiger charge is 2.10. The van der Waals surface area contributed by atoms with E-state index >= 15 is 0 Å². The third-order valence-electron chi connectivity index (χ3n) is 4.98. The first kappa shape index (κ1) is 18.5. The largest absolute Gasteiger partial charge is 0.439 e. The first-order valence-corrected chi connectivity index (χ1v) is 9.49. The van der Waals surface area contributed by atoms with Crippen LogP contribution >= 0.6 is 0 Å². The van der Waals surface area contributed by atoms with Crippen molar-refractivity contribution in [2.24, 2.45) is 0 Å². The minimum atomic E-state index is 0.633. The van der Waals surface area contributed by atoms with Crippen LogP contribution in [0.25, 0.3) is 11.1 Å². The number of benzene rings is 3. The van der Waals surface area contributed by atoms with Gasteiger partial charge in [0.25, 0.3) is 0 Å². The quantitative estimate of drug-likeness (QED) is 0.435. The van der Waals surface area contributed by atoms with E-state index in [1.54, 1.807) is 6.20 Å². The van der Waals surface area contributed by atoms with Gasteiger partial charge in [-0.2, -0.15) is 5.26 Å². The normalized spacial score (nSPS) is 10.5. The first-order chi connectivity index (χ1) is 14.1. The van der Waals surface area contributed by atoms with Gasteiger partial charge in [0.2, 0.25) is 5.88 Å². The summed E-state index contributed by atoms with van der Waals surface area (Å²) in [6.07, 6.45) is 1.74. The lowest BCUT2D eigenvalue weighted by molar-refractivity contribution is 0.434. The monoisotopic (exact) mass is 379 g/mol. The van der Waals surface area contributed by atoms with Crippen molar-refractivity contribution in [3.63, 3.8) is 0 Å². The Labute approximate surface area is 170 Å².